The summed E-state index contributed by atoms with van der Waals surface area (Å²) >= 11 is 0. The summed E-state index contributed by atoms with van der Waals surface area (Å²) in [5.74, 6) is -0.531. The number of hydrogen-bond donors (Lipinski definition) is 0. The number of rotatable bonds is 4. The molecule has 0 amide bonds. The third-order valence-corrected chi connectivity index (χ3v) is 2.79. The molecule has 0 aliphatic rings. The molecule has 0 aliphatic heterocycles. The lowest BCUT2D eigenvalue weighted by Gasteiger charge is -2.08. The van der Waals surface area contributed by atoms with Crippen LogP contribution in [0.3, 0.4) is 0 Å². The van der Waals surface area contributed by atoms with Crippen LogP contribution in [0, 0.1) is 5.82 Å². The number of hydrogen-bond acceptors (Lipinski definition) is 6. The number of oxazole rings is 1. The van der Waals surface area contributed by atoms with Gasteiger partial charge in [-0.25, -0.2) is 9.18 Å². The van der Waals surface area contributed by atoms with Crippen LogP contribution in [-0.4, -0.2) is 24.8 Å². The first-order valence-corrected chi connectivity index (χ1v) is 5.96. The van der Waals surface area contributed by atoms with Crippen LogP contribution in [0.2, 0.25) is 0 Å². The van der Waals surface area contributed by atoms with Crippen LogP contribution in [0.15, 0.2) is 39.9 Å². The van der Waals surface area contributed by atoms with Gasteiger partial charge in [0.2, 0.25) is 0 Å². The average molecular weight is 291 g/mol. The summed E-state index contributed by atoms with van der Waals surface area (Å²) in [4.78, 5) is 15.6. The molecule has 0 N–H and O–H groups in total. The Morgan fingerprint density at radius 1 is 1.38 bits per heavy atom. The number of nitrogens with zero attached hydrogens (tertiary/aromatic N) is 5. The zero-order valence-corrected chi connectivity index (χ0v) is 10.9. The third kappa shape index (κ3) is 2.40. The molecular formula is C12H10FN5O3. The molecule has 3 aromatic rings. The van der Waals surface area contributed by atoms with Crippen molar-refractivity contribution in [2.45, 2.75) is 6.61 Å². The molecular weight excluding hydrogens is 281 g/mol. The molecule has 0 radical (unpaired) electrons. The summed E-state index contributed by atoms with van der Waals surface area (Å²) in [6.07, 6.45) is 2.76. The highest BCUT2D eigenvalue weighted by atomic mass is 19.1. The first kappa shape index (κ1) is 13.0. The monoisotopic (exact) mass is 291 g/mol. The Kier molecular flexibility index (Phi) is 3.22. The van der Waals surface area contributed by atoms with E-state index in [1.54, 1.807) is 6.07 Å². The average Bonchev–Trinajstić information content (AvgIpc) is 3.09. The van der Waals surface area contributed by atoms with Gasteiger partial charge in [-0.3, -0.25) is 0 Å². The van der Waals surface area contributed by atoms with E-state index in [0.29, 0.717) is 0 Å². The van der Waals surface area contributed by atoms with E-state index in [4.69, 9.17) is 9.15 Å². The first-order chi connectivity index (χ1) is 10.2. The molecule has 2 aromatic heterocycles. The van der Waals surface area contributed by atoms with Gasteiger partial charge in [0.1, 0.15) is 18.7 Å². The molecule has 21 heavy (non-hydrogen) atoms. The maximum Gasteiger partial charge on any atom is 0.393 e. The summed E-state index contributed by atoms with van der Waals surface area (Å²) in [5, 5.41) is 7.28. The molecule has 2 heterocycles. The second-order valence-electron chi connectivity index (χ2n) is 4.12. The SMILES string of the molecule is Cn1nnn(-c2cccc(F)c2COc2ncco2)c1=O. The summed E-state index contributed by atoms with van der Waals surface area (Å²) in [6.45, 7) is -0.161. The van der Waals surface area contributed by atoms with Crippen molar-refractivity contribution in [3.63, 3.8) is 0 Å². The van der Waals surface area contributed by atoms with Crippen LogP contribution in [0.1, 0.15) is 5.56 Å². The Hall–Kier alpha value is -2.97. The smallest absolute Gasteiger partial charge is 0.393 e. The summed E-state index contributed by atoms with van der Waals surface area (Å²) in [5.41, 5.74) is -0.0871. The highest BCUT2D eigenvalue weighted by Gasteiger charge is 2.15. The highest BCUT2D eigenvalue weighted by Crippen LogP contribution is 2.18. The zero-order chi connectivity index (χ0) is 14.8. The minimum absolute atomic E-state index is 0.00990. The molecule has 0 bridgehead atoms. The normalized spacial score (nSPS) is 10.8. The Morgan fingerprint density at radius 3 is 2.90 bits per heavy atom. The van der Waals surface area contributed by atoms with Gasteiger partial charge in [-0.15, -0.1) is 0 Å². The topological polar surface area (TPSA) is 88.0 Å². The number of benzene rings is 1. The van der Waals surface area contributed by atoms with Crippen LogP contribution in [0.4, 0.5) is 4.39 Å². The Morgan fingerprint density at radius 2 is 2.24 bits per heavy atom. The molecule has 108 valence electrons. The molecule has 8 nitrogen and oxygen atoms in total. The maximum absolute atomic E-state index is 14.0. The minimum atomic E-state index is -0.531. The fraction of sp³-hybridized carbons (Fsp3) is 0.167. The van der Waals surface area contributed by atoms with Gasteiger partial charge in [0.15, 0.2) is 0 Å². The third-order valence-electron chi connectivity index (χ3n) is 2.79. The molecule has 9 heteroatoms. The Labute approximate surface area is 117 Å². The van der Waals surface area contributed by atoms with Crippen LogP contribution >= 0.6 is 0 Å². The van der Waals surface area contributed by atoms with Gasteiger partial charge in [0.05, 0.1) is 17.4 Å². The van der Waals surface area contributed by atoms with Crippen LogP contribution in [0.5, 0.6) is 6.08 Å². The molecule has 0 spiro atoms. The predicted octanol–water partition coefficient (Wildman–Crippen LogP) is 0.672. The van der Waals surface area contributed by atoms with Gasteiger partial charge in [0, 0.05) is 7.05 Å². The van der Waals surface area contributed by atoms with Crippen molar-refractivity contribution in [1.29, 1.82) is 0 Å². The first-order valence-electron chi connectivity index (χ1n) is 5.96. The molecule has 0 saturated carbocycles. The summed E-state index contributed by atoms with van der Waals surface area (Å²) in [7, 11) is 1.45. The van der Waals surface area contributed by atoms with E-state index in [-0.39, 0.29) is 23.9 Å². The van der Waals surface area contributed by atoms with Gasteiger partial charge in [-0.05, 0) is 22.6 Å². The fourth-order valence-corrected chi connectivity index (χ4v) is 1.77. The molecule has 1 aromatic carbocycles. The zero-order valence-electron chi connectivity index (χ0n) is 10.9. The van der Waals surface area contributed by atoms with E-state index in [9.17, 15) is 9.18 Å². The van der Waals surface area contributed by atoms with Gasteiger partial charge in [-0.1, -0.05) is 6.07 Å². The van der Waals surface area contributed by atoms with Crippen LogP contribution in [-0.2, 0) is 13.7 Å². The standard InChI is InChI=1S/C12H10FN5O3/c1-17-12(19)18(16-15-17)10-4-2-3-9(13)8(10)7-21-11-14-5-6-20-11/h2-6H,7H2,1H3. The quantitative estimate of drug-likeness (QED) is 0.702. The molecule has 0 unspecified atom stereocenters. The van der Waals surface area contributed by atoms with Crippen LogP contribution < -0.4 is 10.4 Å². The Bertz CT molecular complexity index is 809. The number of tetrazole rings is 1. The largest absolute Gasteiger partial charge is 0.445 e. The minimum Gasteiger partial charge on any atom is -0.445 e. The van der Waals surface area contributed by atoms with E-state index in [0.717, 1.165) is 9.36 Å². The van der Waals surface area contributed by atoms with Gasteiger partial charge in [0.25, 0.3) is 0 Å². The van der Waals surface area contributed by atoms with Crippen LogP contribution in [0.25, 0.3) is 5.69 Å². The van der Waals surface area contributed by atoms with Crippen molar-refractivity contribution in [1.82, 2.24) is 24.8 Å². The van der Waals surface area contributed by atoms with E-state index in [1.165, 1.54) is 31.6 Å². The lowest BCUT2D eigenvalue weighted by atomic mass is 10.2. The molecule has 0 fully saturated rings. The van der Waals surface area contributed by atoms with Crippen molar-refractivity contribution >= 4 is 0 Å². The second kappa shape index (κ2) is 5.19. The summed E-state index contributed by atoms with van der Waals surface area (Å²) in [6, 6.07) is 4.28. The summed E-state index contributed by atoms with van der Waals surface area (Å²) < 4.78 is 26.2. The number of halogens is 1. The van der Waals surface area contributed by atoms with Crippen molar-refractivity contribution in [3.8, 4) is 11.8 Å². The van der Waals surface area contributed by atoms with E-state index in [1.807, 2.05) is 0 Å². The molecule has 0 aliphatic carbocycles. The number of aryl methyl sites for hydroxylation is 1. The van der Waals surface area contributed by atoms with E-state index >= 15 is 0 Å². The van der Waals surface area contributed by atoms with Crippen molar-refractivity contribution in [2.75, 3.05) is 0 Å². The van der Waals surface area contributed by atoms with E-state index < -0.39 is 11.5 Å². The van der Waals surface area contributed by atoms with Gasteiger partial charge < -0.3 is 9.15 Å². The van der Waals surface area contributed by atoms with Crippen molar-refractivity contribution < 1.29 is 13.5 Å². The molecule has 0 atom stereocenters. The van der Waals surface area contributed by atoms with Crippen molar-refractivity contribution in [2.24, 2.45) is 7.05 Å². The Balaban J connectivity index is 1.99. The van der Waals surface area contributed by atoms with Gasteiger partial charge in [-0.2, -0.15) is 14.3 Å². The number of ether oxygens (including phenoxy) is 1. The highest BCUT2D eigenvalue weighted by molar-refractivity contribution is 5.40. The lowest BCUT2D eigenvalue weighted by molar-refractivity contribution is 0.216. The molecule has 3 rings (SSSR count). The lowest BCUT2D eigenvalue weighted by Crippen LogP contribution is -2.23. The van der Waals surface area contributed by atoms with E-state index in [2.05, 4.69) is 15.4 Å². The maximum atomic E-state index is 14.0. The predicted molar refractivity (Wildman–Crippen MR) is 67.4 cm³/mol. The fourth-order valence-electron chi connectivity index (χ4n) is 1.77. The second-order valence-corrected chi connectivity index (χ2v) is 4.12. The van der Waals surface area contributed by atoms with Crippen molar-refractivity contribution in [3.05, 3.63) is 52.5 Å². The van der Waals surface area contributed by atoms with Gasteiger partial charge >= 0.3 is 11.8 Å². The molecule has 0 saturated heterocycles. The number of aromatic nitrogens is 5.